The van der Waals surface area contributed by atoms with E-state index in [-0.39, 0.29) is 6.42 Å². The van der Waals surface area contributed by atoms with E-state index in [1.165, 1.54) is 0 Å². The minimum atomic E-state index is -0.467. The van der Waals surface area contributed by atoms with Crippen LogP contribution in [0.5, 0.6) is 0 Å². The minimum Gasteiger partial charge on any atom is -0.393 e. The van der Waals surface area contributed by atoms with E-state index < -0.39 is 17.9 Å². The second kappa shape index (κ2) is 3.21. The summed E-state index contributed by atoms with van der Waals surface area (Å²) in [7, 11) is 0. The Hall–Kier alpha value is -1.71. The van der Waals surface area contributed by atoms with Gasteiger partial charge in [-0.05, 0) is 24.1 Å². The lowest BCUT2D eigenvalue weighted by atomic mass is 9.96. The fourth-order valence-electron chi connectivity index (χ4n) is 1.55. The molecule has 14 heavy (non-hydrogen) atoms. The number of hydrogen-bond donors (Lipinski definition) is 0. The number of aryl methyl sites for hydroxylation is 1. The van der Waals surface area contributed by atoms with E-state index in [4.69, 9.17) is 0 Å². The zero-order valence-electron chi connectivity index (χ0n) is 7.69. The van der Waals surface area contributed by atoms with Crippen LogP contribution in [0.25, 0.3) is 0 Å². The molecule has 1 aromatic heterocycles. The minimum absolute atomic E-state index is 0.130. The Morgan fingerprint density at radius 1 is 1.50 bits per heavy atom. The maximum absolute atomic E-state index is 11.3. The average Bonchev–Trinajstić information content (AvgIpc) is 2.46. The number of nitrogens with zero attached hydrogens (tertiary/aromatic N) is 1. The molecule has 0 bridgehead atoms. The third-order valence-corrected chi connectivity index (χ3v) is 2.32. The number of ether oxygens (including phenoxy) is 1. The van der Waals surface area contributed by atoms with Crippen LogP contribution in [0.4, 0.5) is 0 Å². The van der Waals surface area contributed by atoms with Gasteiger partial charge in [0.1, 0.15) is 0 Å². The van der Waals surface area contributed by atoms with Crippen molar-refractivity contribution in [2.45, 2.75) is 19.3 Å². The van der Waals surface area contributed by atoms with Crippen LogP contribution in [-0.4, -0.2) is 16.9 Å². The van der Waals surface area contributed by atoms with Crippen LogP contribution in [0, 0.1) is 6.92 Å². The lowest BCUT2D eigenvalue weighted by molar-refractivity contribution is -0.152. The van der Waals surface area contributed by atoms with Crippen molar-refractivity contribution in [3.05, 3.63) is 29.6 Å². The Balaban J connectivity index is 2.36. The molecule has 1 saturated heterocycles. The highest BCUT2D eigenvalue weighted by molar-refractivity contribution is 5.97. The van der Waals surface area contributed by atoms with Gasteiger partial charge in [-0.3, -0.25) is 14.6 Å². The topological polar surface area (TPSA) is 56.3 Å². The van der Waals surface area contributed by atoms with Crippen molar-refractivity contribution in [1.29, 1.82) is 0 Å². The van der Waals surface area contributed by atoms with Gasteiger partial charge in [-0.2, -0.15) is 0 Å². The maximum atomic E-state index is 11.3. The maximum Gasteiger partial charge on any atom is 0.321 e. The SMILES string of the molecule is Cc1ccncc1C1CC(=O)OC1=O. The molecule has 0 aliphatic carbocycles. The van der Waals surface area contributed by atoms with Gasteiger partial charge in [0.05, 0.1) is 12.3 Å². The molecule has 0 aromatic carbocycles. The standard InChI is InChI=1S/C10H9NO3/c1-6-2-3-11-5-8(6)7-4-9(12)14-10(7)13/h2-3,5,7H,4H2,1H3. The molecule has 1 aliphatic rings. The number of rotatable bonds is 1. The molecule has 4 nitrogen and oxygen atoms in total. The summed E-state index contributed by atoms with van der Waals surface area (Å²) in [5, 5.41) is 0. The number of cyclic esters (lactones) is 2. The average molecular weight is 191 g/mol. The Kier molecular flexibility index (Phi) is 2.04. The van der Waals surface area contributed by atoms with Gasteiger partial charge in [0, 0.05) is 12.4 Å². The summed E-state index contributed by atoms with van der Waals surface area (Å²) in [5.41, 5.74) is 1.74. The quantitative estimate of drug-likeness (QED) is 0.489. The molecule has 4 heteroatoms. The molecule has 2 heterocycles. The molecule has 0 radical (unpaired) electrons. The van der Waals surface area contributed by atoms with Crippen molar-refractivity contribution in [2.24, 2.45) is 0 Å². The van der Waals surface area contributed by atoms with Gasteiger partial charge in [-0.15, -0.1) is 0 Å². The molecule has 0 saturated carbocycles. The summed E-state index contributed by atoms with van der Waals surface area (Å²) in [6.07, 6.45) is 3.40. The third-order valence-electron chi connectivity index (χ3n) is 2.32. The van der Waals surface area contributed by atoms with Crippen LogP contribution in [0.15, 0.2) is 18.5 Å². The molecule has 0 N–H and O–H groups in total. The molecule has 72 valence electrons. The van der Waals surface area contributed by atoms with Crippen LogP contribution in [-0.2, 0) is 14.3 Å². The van der Waals surface area contributed by atoms with E-state index in [0.717, 1.165) is 11.1 Å². The summed E-state index contributed by atoms with van der Waals surface area (Å²) in [4.78, 5) is 26.1. The second-order valence-electron chi connectivity index (χ2n) is 3.28. The van der Waals surface area contributed by atoms with Gasteiger partial charge in [0.15, 0.2) is 0 Å². The summed E-state index contributed by atoms with van der Waals surface area (Å²) in [5.74, 6) is -1.38. The predicted octanol–water partition coefficient (Wildman–Crippen LogP) is 0.947. The highest BCUT2D eigenvalue weighted by Crippen LogP contribution is 2.28. The molecule has 2 rings (SSSR count). The summed E-state index contributed by atoms with van der Waals surface area (Å²) < 4.78 is 4.48. The monoisotopic (exact) mass is 191 g/mol. The van der Waals surface area contributed by atoms with Crippen LogP contribution >= 0.6 is 0 Å². The number of carbonyl (C=O) groups is 2. The Labute approximate surface area is 80.9 Å². The summed E-state index contributed by atoms with van der Waals surface area (Å²) in [6.45, 7) is 1.88. The van der Waals surface area contributed by atoms with Crippen LogP contribution < -0.4 is 0 Å². The van der Waals surface area contributed by atoms with Crippen molar-refractivity contribution in [2.75, 3.05) is 0 Å². The van der Waals surface area contributed by atoms with Crippen molar-refractivity contribution >= 4 is 11.9 Å². The molecule has 1 atom stereocenters. The molecule has 0 amide bonds. The molecule has 1 unspecified atom stereocenters. The number of aromatic nitrogens is 1. The van der Waals surface area contributed by atoms with Gasteiger partial charge in [-0.25, -0.2) is 0 Å². The van der Waals surface area contributed by atoms with E-state index in [1.807, 2.05) is 13.0 Å². The summed E-state index contributed by atoms with van der Waals surface area (Å²) >= 11 is 0. The largest absolute Gasteiger partial charge is 0.393 e. The number of esters is 2. The van der Waals surface area contributed by atoms with Crippen molar-refractivity contribution < 1.29 is 14.3 Å². The van der Waals surface area contributed by atoms with Crippen molar-refractivity contribution in [3.63, 3.8) is 0 Å². The van der Waals surface area contributed by atoms with Crippen LogP contribution in [0.1, 0.15) is 23.5 Å². The Morgan fingerprint density at radius 3 is 2.86 bits per heavy atom. The fraction of sp³-hybridized carbons (Fsp3) is 0.300. The van der Waals surface area contributed by atoms with Crippen molar-refractivity contribution in [3.8, 4) is 0 Å². The van der Waals surface area contributed by atoms with Crippen molar-refractivity contribution in [1.82, 2.24) is 4.98 Å². The molecule has 0 spiro atoms. The van der Waals surface area contributed by atoms with Gasteiger partial charge in [-0.1, -0.05) is 0 Å². The van der Waals surface area contributed by atoms with Crippen LogP contribution in [0.3, 0.4) is 0 Å². The first-order chi connectivity index (χ1) is 6.68. The Bertz CT molecular complexity index is 400. The van der Waals surface area contributed by atoms with Crippen LogP contribution in [0.2, 0.25) is 0 Å². The molecular weight excluding hydrogens is 182 g/mol. The van der Waals surface area contributed by atoms with Gasteiger partial charge in [0.2, 0.25) is 0 Å². The molecular formula is C10H9NO3. The number of pyridine rings is 1. The number of hydrogen-bond acceptors (Lipinski definition) is 4. The number of carbonyl (C=O) groups excluding carboxylic acids is 2. The smallest absolute Gasteiger partial charge is 0.321 e. The Morgan fingerprint density at radius 2 is 2.29 bits per heavy atom. The summed E-state index contributed by atoms with van der Waals surface area (Å²) in [6, 6.07) is 1.81. The van der Waals surface area contributed by atoms with E-state index in [2.05, 4.69) is 9.72 Å². The first-order valence-corrected chi connectivity index (χ1v) is 4.33. The lowest BCUT2D eigenvalue weighted by Crippen LogP contribution is -2.07. The van der Waals surface area contributed by atoms with Gasteiger partial charge < -0.3 is 4.74 Å². The molecule has 1 aromatic rings. The fourth-order valence-corrected chi connectivity index (χ4v) is 1.55. The van der Waals surface area contributed by atoms with E-state index >= 15 is 0 Å². The molecule has 1 aliphatic heterocycles. The van der Waals surface area contributed by atoms with Gasteiger partial charge in [0.25, 0.3) is 0 Å². The normalized spacial score (nSPS) is 21.1. The van der Waals surface area contributed by atoms with E-state index in [1.54, 1.807) is 12.4 Å². The zero-order chi connectivity index (χ0) is 10.1. The highest BCUT2D eigenvalue weighted by atomic mass is 16.6. The lowest BCUT2D eigenvalue weighted by Gasteiger charge is -2.06. The first kappa shape index (κ1) is 8.87. The van der Waals surface area contributed by atoms with Gasteiger partial charge >= 0.3 is 11.9 Å². The second-order valence-corrected chi connectivity index (χ2v) is 3.28. The molecule has 1 fully saturated rings. The van der Waals surface area contributed by atoms with E-state index in [0.29, 0.717) is 0 Å². The predicted molar refractivity (Wildman–Crippen MR) is 47.4 cm³/mol. The highest BCUT2D eigenvalue weighted by Gasteiger charge is 2.35. The zero-order valence-corrected chi connectivity index (χ0v) is 7.69. The van der Waals surface area contributed by atoms with E-state index in [9.17, 15) is 9.59 Å². The first-order valence-electron chi connectivity index (χ1n) is 4.33. The third kappa shape index (κ3) is 1.39.